The van der Waals surface area contributed by atoms with Gasteiger partial charge in [-0.15, -0.1) is 0 Å². The summed E-state index contributed by atoms with van der Waals surface area (Å²) in [4.78, 5) is 27.8. The molecule has 0 aromatic heterocycles. The minimum absolute atomic E-state index is 0.239. The molecule has 2 aliphatic rings. The third-order valence-corrected chi connectivity index (χ3v) is 7.81. The van der Waals surface area contributed by atoms with Gasteiger partial charge in [-0.1, -0.05) is 55.7 Å². The van der Waals surface area contributed by atoms with Gasteiger partial charge >= 0.3 is 12.1 Å². The lowest BCUT2D eigenvalue weighted by molar-refractivity contribution is -0.137. The molecular formula is C31H31F3N2O3. The third kappa shape index (κ3) is 6.01. The SMILES string of the molecule is NC(=O)C1c2ccc(OC(=O)c3ccccc3-c3ccc(C(F)(F)F)cc3)cc2CCN1CC1CCCCC1. The van der Waals surface area contributed by atoms with Crippen LogP contribution in [0.3, 0.4) is 0 Å². The second-order valence-electron chi connectivity index (χ2n) is 10.4. The number of hydrogen-bond acceptors (Lipinski definition) is 4. The van der Waals surface area contributed by atoms with Crippen LogP contribution in [0.25, 0.3) is 11.1 Å². The monoisotopic (exact) mass is 536 g/mol. The lowest BCUT2D eigenvalue weighted by atomic mass is 9.86. The van der Waals surface area contributed by atoms with Crippen LogP contribution >= 0.6 is 0 Å². The van der Waals surface area contributed by atoms with E-state index in [1.807, 2.05) is 6.07 Å². The van der Waals surface area contributed by atoms with Crippen molar-refractivity contribution >= 4 is 11.9 Å². The second kappa shape index (κ2) is 11.2. The maximum absolute atomic E-state index is 13.2. The number of hydrogen-bond donors (Lipinski definition) is 1. The highest BCUT2D eigenvalue weighted by atomic mass is 19.4. The Bertz CT molecular complexity index is 1350. The molecule has 8 heteroatoms. The molecule has 2 N–H and O–H groups in total. The highest BCUT2D eigenvalue weighted by Gasteiger charge is 2.34. The van der Waals surface area contributed by atoms with Crippen molar-refractivity contribution in [1.82, 2.24) is 4.90 Å². The Morgan fingerprint density at radius 1 is 0.949 bits per heavy atom. The van der Waals surface area contributed by atoms with E-state index in [0.717, 1.165) is 29.8 Å². The van der Waals surface area contributed by atoms with Crippen LogP contribution in [0.1, 0.15) is 65.2 Å². The summed E-state index contributed by atoms with van der Waals surface area (Å²) >= 11 is 0. The molecule has 1 aliphatic carbocycles. The fourth-order valence-electron chi connectivity index (χ4n) is 5.86. The molecule has 1 heterocycles. The van der Waals surface area contributed by atoms with Gasteiger partial charge in [0, 0.05) is 13.1 Å². The third-order valence-electron chi connectivity index (χ3n) is 7.81. The number of nitrogens with zero attached hydrogens (tertiary/aromatic N) is 1. The molecule has 0 bridgehead atoms. The number of primary amides is 1. The van der Waals surface area contributed by atoms with Crippen LogP contribution in [0.15, 0.2) is 66.7 Å². The molecule has 1 amide bonds. The Balaban J connectivity index is 1.34. The number of benzene rings is 3. The van der Waals surface area contributed by atoms with Gasteiger partial charge < -0.3 is 10.5 Å². The van der Waals surface area contributed by atoms with Gasteiger partial charge in [-0.2, -0.15) is 13.2 Å². The van der Waals surface area contributed by atoms with E-state index in [9.17, 15) is 22.8 Å². The summed E-state index contributed by atoms with van der Waals surface area (Å²) < 4.78 is 44.7. The van der Waals surface area contributed by atoms with Crippen molar-refractivity contribution in [2.24, 2.45) is 11.7 Å². The molecule has 39 heavy (non-hydrogen) atoms. The standard InChI is InChI=1S/C31H31F3N2O3/c32-31(33,34)23-12-10-21(11-13-23)25-8-4-5-9-27(25)30(38)39-24-14-15-26-22(18-24)16-17-36(28(26)29(35)37)19-20-6-2-1-3-7-20/h4-5,8-15,18,20,28H,1-3,6-7,16-17,19H2,(H2,35,37). The highest BCUT2D eigenvalue weighted by Crippen LogP contribution is 2.36. The van der Waals surface area contributed by atoms with E-state index in [2.05, 4.69) is 4.90 Å². The van der Waals surface area contributed by atoms with Gasteiger partial charge in [0.05, 0.1) is 11.1 Å². The number of alkyl halides is 3. The number of carbonyl (C=O) groups excluding carboxylic acids is 2. The van der Waals surface area contributed by atoms with Crippen molar-refractivity contribution < 1.29 is 27.5 Å². The van der Waals surface area contributed by atoms with Gasteiger partial charge in [0.1, 0.15) is 11.8 Å². The van der Waals surface area contributed by atoms with Gasteiger partial charge in [0.25, 0.3) is 0 Å². The number of esters is 1. The summed E-state index contributed by atoms with van der Waals surface area (Å²) in [5, 5.41) is 0. The molecule has 1 aliphatic heterocycles. The number of amides is 1. The summed E-state index contributed by atoms with van der Waals surface area (Å²) in [7, 11) is 0. The lowest BCUT2D eigenvalue weighted by Gasteiger charge is -2.38. The quantitative estimate of drug-likeness (QED) is 0.286. The number of nitrogens with two attached hydrogens (primary N) is 1. The van der Waals surface area contributed by atoms with Crippen LogP contribution in [-0.2, 0) is 17.4 Å². The van der Waals surface area contributed by atoms with Gasteiger partial charge in [0.2, 0.25) is 5.91 Å². The lowest BCUT2D eigenvalue weighted by Crippen LogP contribution is -2.44. The first-order valence-corrected chi connectivity index (χ1v) is 13.4. The molecule has 1 unspecified atom stereocenters. The summed E-state index contributed by atoms with van der Waals surface area (Å²) in [6.45, 7) is 1.55. The van der Waals surface area contributed by atoms with E-state index in [4.69, 9.17) is 10.5 Å². The molecule has 1 fully saturated rings. The largest absolute Gasteiger partial charge is 0.423 e. The van der Waals surface area contributed by atoms with Crippen molar-refractivity contribution in [2.45, 2.75) is 50.7 Å². The van der Waals surface area contributed by atoms with E-state index >= 15 is 0 Å². The minimum atomic E-state index is -4.44. The fraction of sp³-hybridized carbons (Fsp3) is 0.355. The first-order chi connectivity index (χ1) is 18.7. The average Bonchev–Trinajstić information content (AvgIpc) is 2.93. The van der Waals surface area contributed by atoms with E-state index in [-0.39, 0.29) is 11.5 Å². The smallest absolute Gasteiger partial charge is 0.416 e. The van der Waals surface area contributed by atoms with Crippen LogP contribution in [0, 0.1) is 5.92 Å². The summed E-state index contributed by atoms with van der Waals surface area (Å²) in [5.74, 6) is -0.0920. The number of carbonyl (C=O) groups is 2. The fourth-order valence-corrected chi connectivity index (χ4v) is 5.86. The van der Waals surface area contributed by atoms with Crippen molar-refractivity contribution in [2.75, 3.05) is 13.1 Å². The molecule has 3 aromatic carbocycles. The number of rotatable bonds is 6. The maximum Gasteiger partial charge on any atom is 0.416 e. The van der Waals surface area contributed by atoms with Gasteiger partial charge in [-0.05, 0) is 77.8 Å². The number of ether oxygens (including phenoxy) is 1. The molecule has 5 rings (SSSR count). The zero-order chi connectivity index (χ0) is 27.6. The molecule has 5 nitrogen and oxygen atoms in total. The van der Waals surface area contributed by atoms with E-state index in [1.165, 1.54) is 44.2 Å². The molecule has 1 saturated carbocycles. The van der Waals surface area contributed by atoms with Crippen molar-refractivity contribution in [3.05, 3.63) is 89.0 Å². The number of halogens is 3. The molecule has 1 atom stereocenters. The van der Waals surface area contributed by atoms with E-state index < -0.39 is 23.8 Å². The van der Waals surface area contributed by atoms with Gasteiger partial charge in [-0.25, -0.2) is 4.79 Å². The molecule has 0 radical (unpaired) electrons. The van der Waals surface area contributed by atoms with E-state index in [1.54, 1.807) is 36.4 Å². The Morgan fingerprint density at radius 2 is 1.67 bits per heavy atom. The number of fused-ring (bicyclic) bond motifs is 1. The van der Waals surface area contributed by atoms with Crippen molar-refractivity contribution in [1.29, 1.82) is 0 Å². The zero-order valence-electron chi connectivity index (χ0n) is 21.5. The van der Waals surface area contributed by atoms with Gasteiger partial charge in [-0.3, -0.25) is 9.69 Å². The normalized spacial score (nSPS) is 18.4. The van der Waals surface area contributed by atoms with E-state index in [0.29, 0.717) is 35.8 Å². The van der Waals surface area contributed by atoms with Crippen LogP contribution < -0.4 is 10.5 Å². The Kier molecular flexibility index (Phi) is 7.75. The Morgan fingerprint density at radius 3 is 2.36 bits per heavy atom. The highest BCUT2D eigenvalue weighted by molar-refractivity contribution is 5.98. The average molecular weight is 537 g/mol. The van der Waals surface area contributed by atoms with Gasteiger partial charge in [0.15, 0.2) is 0 Å². The Hall–Kier alpha value is -3.65. The predicted octanol–water partition coefficient (Wildman–Crippen LogP) is 6.56. The molecule has 0 saturated heterocycles. The predicted molar refractivity (Wildman–Crippen MR) is 142 cm³/mol. The minimum Gasteiger partial charge on any atom is -0.423 e. The van der Waals surface area contributed by atoms with Crippen molar-refractivity contribution in [3.8, 4) is 16.9 Å². The zero-order valence-corrected chi connectivity index (χ0v) is 21.5. The molecule has 3 aromatic rings. The second-order valence-corrected chi connectivity index (χ2v) is 10.4. The molecule has 0 spiro atoms. The van der Waals surface area contributed by atoms with Crippen LogP contribution in [-0.4, -0.2) is 29.9 Å². The van der Waals surface area contributed by atoms with Crippen LogP contribution in [0.5, 0.6) is 5.75 Å². The summed E-state index contributed by atoms with van der Waals surface area (Å²) in [5.41, 5.74) is 8.04. The Labute approximate surface area is 225 Å². The molecule has 204 valence electrons. The first kappa shape index (κ1) is 26.9. The van der Waals surface area contributed by atoms with Crippen LogP contribution in [0.4, 0.5) is 13.2 Å². The maximum atomic E-state index is 13.2. The van der Waals surface area contributed by atoms with Crippen LogP contribution in [0.2, 0.25) is 0 Å². The molecular weight excluding hydrogens is 505 g/mol. The summed E-state index contributed by atoms with van der Waals surface area (Å²) in [6, 6.07) is 16.1. The summed E-state index contributed by atoms with van der Waals surface area (Å²) in [6.07, 6.45) is 2.35. The first-order valence-electron chi connectivity index (χ1n) is 13.4. The topological polar surface area (TPSA) is 72.6 Å². The van der Waals surface area contributed by atoms with Crippen molar-refractivity contribution in [3.63, 3.8) is 0 Å².